The first kappa shape index (κ1) is 20.4. The molecule has 2 saturated heterocycles. The highest BCUT2D eigenvalue weighted by molar-refractivity contribution is 5.98. The molecule has 8 heteroatoms. The normalized spacial score (nSPS) is 20.8. The average Bonchev–Trinajstić information content (AvgIpc) is 3.45. The van der Waals surface area contributed by atoms with Gasteiger partial charge in [0.25, 0.3) is 5.91 Å². The van der Waals surface area contributed by atoms with Gasteiger partial charge in [0, 0.05) is 56.4 Å². The fraction of sp³-hybridized carbons (Fsp3) is 0.400. The van der Waals surface area contributed by atoms with Crippen LogP contribution in [0.25, 0.3) is 10.9 Å². The molecule has 0 saturated carbocycles. The Morgan fingerprint density at radius 1 is 1.12 bits per heavy atom. The zero-order valence-electron chi connectivity index (χ0n) is 18.5. The number of anilines is 1. The summed E-state index contributed by atoms with van der Waals surface area (Å²) in [6, 6.07) is 12.2. The number of aromatic nitrogens is 2. The lowest BCUT2D eigenvalue weighted by Gasteiger charge is -2.26. The molecule has 4 heterocycles. The molecule has 170 valence electrons. The van der Waals surface area contributed by atoms with Gasteiger partial charge in [0.05, 0.1) is 18.7 Å². The lowest BCUT2D eigenvalue weighted by molar-refractivity contribution is 0.0965. The van der Waals surface area contributed by atoms with Crippen LogP contribution in [0.15, 0.2) is 42.6 Å². The first-order valence-corrected chi connectivity index (χ1v) is 11.6. The van der Waals surface area contributed by atoms with E-state index in [1.165, 1.54) is 5.56 Å². The Bertz CT molecular complexity index is 1190. The molecular weight excluding hydrogens is 418 g/mol. The van der Waals surface area contributed by atoms with Crippen molar-refractivity contribution in [2.45, 2.75) is 25.6 Å². The molecule has 1 atom stereocenters. The van der Waals surface area contributed by atoms with E-state index < -0.39 is 0 Å². The van der Waals surface area contributed by atoms with Crippen LogP contribution in [0.3, 0.4) is 0 Å². The number of hydrogen-bond acceptors (Lipinski definition) is 7. The number of likely N-dealkylation sites (tertiary alicyclic amines) is 1. The van der Waals surface area contributed by atoms with Crippen molar-refractivity contribution in [2.75, 3.05) is 44.3 Å². The Morgan fingerprint density at radius 2 is 2.03 bits per heavy atom. The number of nitrogens with one attached hydrogen (secondary N) is 1. The van der Waals surface area contributed by atoms with Crippen LogP contribution in [0, 0.1) is 0 Å². The summed E-state index contributed by atoms with van der Waals surface area (Å²) in [5, 5.41) is 3.92. The van der Waals surface area contributed by atoms with Crippen LogP contribution in [0.5, 0.6) is 5.75 Å². The van der Waals surface area contributed by atoms with Crippen molar-refractivity contribution in [1.82, 2.24) is 20.2 Å². The molecule has 0 spiro atoms. The summed E-state index contributed by atoms with van der Waals surface area (Å²) in [6.07, 6.45) is 3.08. The zero-order chi connectivity index (χ0) is 22.2. The van der Waals surface area contributed by atoms with Gasteiger partial charge in [-0.1, -0.05) is 6.07 Å². The van der Waals surface area contributed by atoms with Crippen LogP contribution >= 0.6 is 0 Å². The second-order valence-corrected chi connectivity index (χ2v) is 8.93. The van der Waals surface area contributed by atoms with E-state index in [9.17, 15) is 4.79 Å². The molecule has 8 nitrogen and oxygen atoms in total. The molecule has 0 aliphatic carbocycles. The highest BCUT2D eigenvalue weighted by atomic mass is 16.5. The number of ether oxygens (including phenoxy) is 2. The SMILES string of the molecule is O=C1NCc2cc(O[C@H]3CCN(Cc4ccc5nc(N6CCOCC6)ncc5c4)C3)ccc21. The van der Waals surface area contributed by atoms with Gasteiger partial charge in [0.15, 0.2) is 0 Å². The third kappa shape index (κ3) is 4.24. The molecule has 6 rings (SSSR count). The number of carbonyl (C=O) groups excluding carboxylic acids is 1. The van der Waals surface area contributed by atoms with Gasteiger partial charge >= 0.3 is 0 Å². The smallest absolute Gasteiger partial charge is 0.251 e. The number of benzene rings is 2. The Hall–Kier alpha value is -3.23. The topological polar surface area (TPSA) is 79.8 Å². The van der Waals surface area contributed by atoms with Crippen molar-refractivity contribution >= 4 is 22.8 Å². The quantitative estimate of drug-likeness (QED) is 0.646. The molecule has 3 aliphatic heterocycles. The molecule has 1 amide bonds. The van der Waals surface area contributed by atoms with E-state index in [2.05, 4.69) is 38.3 Å². The Morgan fingerprint density at radius 3 is 2.94 bits per heavy atom. The third-order valence-corrected chi connectivity index (χ3v) is 6.62. The van der Waals surface area contributed by atoms with Crippen LogP contribution in [-0.4, -0.2) is 66.3 Å². The van der Waals surface area contributed by atoms with Crippen LogP contribution in [0.2, 0.25) is 0 Å². The molecule has 0 bridgehead atoms. The van der Waals surface area contributed by atoms with Crippen LogP contribution in [-0.2, 0) is 17.8 Å². The van der Waals surface area contributed by atoms with E-state index in [0.29, 0.717) is 6.54 Å². The van der Waals surface area contributed by atoms with E-state index in [1.807, 2.05) is 24.4 Å². The average molecular weight is 446 g/mol. The molecule has 3 aromatic rings. The van der Waals surface area contributed by atoms with Crippen molar-refractivity contribution in [1.29, 1.82) is 0 Å². The summed E-state index contributed by atoms with van der Waals surface area (Å²) in [5.74, 6) is 1.63. The predicted molar refractivity (Wildman–Crippen MR) is 124 cm³/mol. The number of hydrogen-bond donors (Lipinski definition) is 1. The lowest BCUT2D eigenvalue weighted by atomic mass is 10.1. The third-order valence-electron chi connectivity index (χ3n) is 6.62. The molecule has 2 aromatic carbocycles. The Kier molecular flexibility index (Phi) is 5.32. The molecule has 2 fully saturated rings. The summed E-state index contributed by atoms with van der Waals surface area (Å²) in [6.45, 7) is 6.48. The summed E-state index contributed by atoms with van der Waals surface area (Å²) >= 11 is 0. The van der Waals surface area contributed by atoms with Gasteiger partial charge in [0.2, 0.25) is 5.95 Å². The summed E-state index contributed by atoms with van der Waals surface area (Å²) < 4.78 is 11.7. The van der Waals surface area contributed by atoms with Crippen molar-refractivity contribution in [3.05, 3.63) is 59.3 Å². The monoisotopic (exact) mass is 445 g/mol. The maximum absolute atomic E-state index is 11.7. The number of fused-ring (bicyclic) bond motifs is 2. The Balaban J connectivity index is 1.08. The minimum absolute atomic E-state index is 0.00157. The minimum atomic E-state index is 0.00157. The van der Waals surface area contributed by atoms with E-state index in [-0.39, 0.29) is 12.0 Å². The first-order valence-electron chi connectivity index (χ1n) is 11.6. The summed E-state index contributed by atoms with van der Waals surface area (Å²) in [5.41, 5.74) is 4.01. The fourth-order valence-corrected chi connectivity index (χ4v) is 4.86. The maximum Gasteiger partial charge on any atom is 0.251 e. The first-order chi connectivity index (χ1) is 16.2. The van der Waals surface area contributed by atoms with E-state index >= 15 is 0 Å². The van der Waals surface area contributed by atoms with Crippen molar-refractivity contribution in [3.8, 4) is 5.75 Å². The van der Waals surface area contributed by atoms with E-state index in [4.69, 9.17) is 14.5 Å². The molecule has 0 unspecified atom stereocenters. The van der Waals surface area contributed by atoms with Crippen molar-refractivity contribution in [3.63, 3.8) is 0 Å². The van der Waals surface area contributed by atoms with Crippen molar-refractivity contribution < 1.29 is 14.3 Å². The van der Waals surface area contributed by atoms with E-state index in [0.717, 1.165) is 86.1 Å². The molecule has 33 heavy (non-hydrogen) atoms. The zero-order valence-corrected chi connectivity index (χ0v) is 18.5. The largest absolute Gasteiger partial charge is 0.489 e. The van der Waals surface area contributed by atoms with Gasteiger partial charge in [-0.15, -0.1) is 0 Å². The second kappa shape index (κ2) is 8.61. The highest BCUT2D eigenvalue weighted by Crippen LogP contribution is 2.25. The minimum Gasteiger partial charge on any atom is -0.489 e. The number of morpholine rings is 1. The van der Waals surface area contributed by atoms with Gasteiger partial charge < -0.3 is 19.7 Å². The lowest BCUT2D eigenvalue weighted by Crippen LogP contribution is -2.37. The van der Waals surface area contributed by atoms with Crippen LogP contribution < -0.4 is 15.0 Å². The van der Waals surface area contributed by atoms with Gasteiger partial charge in [0.1, 0.15) is 11.9 Å². The predicted octanol–water partition coefficient (Wildman–Crippen LogP) is 2.36. The van der Waals surface area contributed by atoms with E-state index in [1.54, 1.807) is 0 Å². The molecule has 3 aliphatic rings. The summed E-state index contributed by atoms with van der Waals surface area (Å²) in [7, 11) is 0. The standard InChI is InChI=1S/C25H27N5O3/c31-24-22-3-2-20(12-18(22)13-26-24)33-21-5-6-29(16-21)15-17-1-4-23-19(11-17)14-27-25(28-23)30-7-9-32-10-8-30/h1-4,11-12,14,21H,5-10,13,15-16H2,(H,26,31)/t21-/m0/s1. The van der Waals surface area contributed by atoms with Crippen molar-refractivity contribution in [2.24, 2.45) is 0 Å². The Labute approximate surface area is 192 Å². The fourth-order valence-electron chi connectivity index (χ4n) is 4.86. The van der Waals surface area contributed by atoms with Gasteiger partial charge in [-0.2, -0.15) is 0 Å². The van der Waals surface area contributed by atoms with Gasteiger partial charge in [-0.25, -0.2) is 9.97 Å². The summed E-state index contributed by atoms with van der Waals surface area (Å²) in [4.78, 5) is 25.7. The number of rotatable bonds is 5. The number of nitrogens with zero attached hydrogens (tertiary/aromatic N) is 4. The maximum atomic E-state index is 11.7. The van der Waals surface area contributed by atoms with Crippen LogP contribution in [0.4, 0.5) is 5.95 Å². The molecular formula is C25H27N5O3. The molecule has 1 N–H and O–H groups in total. The van der Waals surface area contributed by atoms with Crippen LogP contribution in [0.1, 0.15) is 27.9 Å². The van der Waals surface area contributed by atoms with Gasteiger partial charge in [-0.05, 0) is 47.9 Å². The second-order valence-electron chi connectivity index (χ2n) is 8.93. The number of amides is 1. The highest BCUT2D eigenvalue weighted by Gasteiger charge is 2.25. The molecule has 1 aromatic heterocycles. The molecule has 0 radical (unpaired) electrons. The van der Waals surface area contributed by atoms with Gasteiger partial charge in [-0.3, -0.25) is 9.69 Å². The number of carbonyl (C=O) groups is 1.